The monoisotopic (exact) mass is 360 g/mol. The van der Waals surface area contributed by atoms with Crippen molar-refractivity contribution in [2.24, 2.45) is 0 Å². The zero-order valence-electron chi connectivity index (χ0n) is 13.2. The van der Waals surface area contributed by atoms with Gasteiger partial charge in [-0.25, -0.2) is 4.98 Å². The van der Waals surface area contributed by atoms with Crippen LogP contribution in [-0.2, 0) is 11.2 Å². The highest BCUT2D eigenvalue weighted by molar-refractivity contribution is 7.20. The van der Waals surface area contributed by atoms with Crippen LogP contribution in [0.25, 0.3) is 9.88 Å². The van der Waals surface area contributed by atoms with Crippen molar-refractivity contribution < 1.29 is 14.3 Å². The van der Waals surface area contributed by atoms with Crippen LogP contribution in [0.3, 0.4) is 0 Å². The summed E-state index contributed by atoms with van der Waals surface area (Å²) in [5.74, 6) is 1.07. The highest BCUT2D eigenvalue weighted by Crippen LogP contribution is 2.30. The summed E-state index contributed by atoms with van der Waals surface area (Å²) < 4.78 is 10.4. The Labute approximate surface area is 147 Å². The number of aromatic nitrogens is 1. The van der Waals surface area contributed by atoms with Gasteiger partial charge in [0.15, 0.2) is 11.5 Å². The molecule has 1 N–H and O–H groups in total. The maximum atomic E-state index is 12.2. The molecule has 0 unspecified atom stereocenters. The molecule has 3 rings (SSSR count). The number of thiazole rings is 1. The molecule has 0 aliphatic heterocycles. The van der Waals surface area contributed by atoms with E-state index in [1.54, 1.807) is 55.1 Å². The maximum Gasteiger partial charge on any atom is 0.230 e. The summed E-state index contributed by atoms with van der Waals surface area (Å²) >= 11 is 3.19. The maximum absolute atomic E-state index is 12.2. The van der Waals surface area contributed by atoms with E-state index in [-0.39, 0.29) is 12.3 Å². The van der Waals surface area contributed by atoms with Crippen LogP contribution in [0.2, 0.25) is 0 Å². The number of carbonyl (C=O) groups is 1. The van der Waals surface area contributed by atoms with Gasteiger partial charge in [-0.3, -0.25) is 4.79 Å². The van der Waals surface area contributed by atoms with Crippen LogP contribution in [0.4, 0.5) is 5.69 Å². The fourth-order valence-corrected chi connectivity index (χ4v) is 3.82. The molecule has 0 aliphatic rings. The first-order chi connectivity index (χ1) is 11.7. The van der Waals surface area contributed by atoms with E-state index in [9.17, 15) is 4.79 Å². The highest BCUT2D eigenvalue weighted by atomic mass is 32.1. The van der Waals surface area contributed by atoms with Gasteiger partial charge in [0.2, 0.25) is 5.91 Å². The van der Waals surface area contributed by atoms with Crippen LogP contribution in [0.1, 0.15) is 5.69 Å². The number of carbonyl (C=O) groups excluding carboxylic acids is 1. The molecule has 0 fully saturated rings. The van der Waals surface area contributed by atoms with Gasteiger partial charge in [-0.1, -0.05) is 6.07 Å². The van der Waals surface area contributed by atoms with Crippen molar-refractivity contribution in [2.75, 3.05) is 19.5 Å². The van der Waals surface area contributed by atoms with Crippen LogP contribution in [0, 0.1) is 0 Å². The number of anilines is 1. The Morgan fingerprint density at radius 2 is 2.00 bits per heavy atom. The van der Waals surface area contributed by atoms with E-state index in [1.807, 2.05) is 22.9 Å². The van der Waals surface area contributed by atoms with E-state index >= 15 is 0 Å². The van der Waals surface area contributed by atoms with E-state index in [4.69, 9.17) is 9.47 Å². The van der Waals surface area contributed by atoms with Gasteiger partial charge < -0.3 is 14.8 Å². The Morgan fingerprint density at radius 3 is 2.71 bits per heavy atom. The molecule has 0 radical (unpaired) electrons. The predicted octanol–water partition coefficient (Wildman–Crippen LogP) is 4.07. The van der Waals surface area contributed by atoms with Gasteiger partial charge >= 0.3 is 0 Å². The Morgan fingerprint density at radius 1 is 1.17 bits per heavy atom. The number of ether oxygens (including phenoxy) is 2. The van der Waals surface area contributed by atoms with Crippen LogP contribution in [0.15, 0.2) is 41.1 Å². The number of amides is 1. The topological polar surface area (TPSA) is 60.5 Å². The summed E-state index contributed by atoms with van der Waals surface area (Å²) in [6.45, 7) is 0. The van der Waals surface area contributed by atoms with Crippen molar-refractivity contribution in [1.82, 2.24) is 4.98 Å². The number of rotatable bonds is 6. The third-order valence-corrected chi connectivity index (χ3v) is 5.22. The Balaban J connectivity index is 1.65. The molecule has 24 heavy (non-hydrogen) atoms. The van der Waals surface area contributed by atoms with Crippen LogP contribution in [-0.4, -0.2) is 25.1 Å². The Hall–Kier alpha value is -2.38. The van der Waals surface area contributed by atoms with Crippen LogP contribution in [0.5, 0.6) is 11.5 Å². The van der Waals surface area contributed by atoms with Crippen LogP contribution < -0.4 is 14.8 Å². The van der Waals surface area contributed by atoms with Gasteiger partial charge in [0, 0.05) is 17.1 Å². The lowest BCUT2D eigenvalue weighted by atomic mass is 10.2. The normalized spacial score (nSPS) is 10.4. The molecular weight excluding hydrogens is 344 g/mol. The number of thiophene rings is 1. The fourth-order valence-electron chi connectivity index (χ4n) is 2.19. The molecule has 0 saturated carbocycles. The first kappa shape index (κ1) is 16.5. The number of methoxy groups -OCH3 is 2. The lowest BCUT2D eigenvalue weighted by molar-refractivity contribution is -0.115. The molecule has 5 nitrogen and oxygen atoms in total. The van der Waals surface area contributed by atoms with E-state index in [1.165, 1.54) is 0 Å². The molecule has 0 spiro atoms. The minimum atomic E-state index is -0.120. The van der Waals surface area contributed by atoms with Crippen molar-refractivity contribution in [2.45, 2.75) is 6.42 Å². The molecule has 2 aromatic heterocycles. The lowest BCUT2D eigenvalue weighted by Gasteiger charge is -2.10. The largest absolute Gasteiger partial charge is 0.493 e. The average Bonchev–Trinajstić information content (AvgIpc) is 3.25. The van der Waals surface area contributed by atoms with Gasteiger partial charge in [-0.05, 0) is 23.6 Å². The summed E-state index contributed by atoms with van der Waals surface area (Å²) in [5.41, 5.74) is 1.42. The number of hydrogen-bond acceptors (Lipinski definition) is 6. The molecule has 2 heterocycles. The first-order valence-electron chi connectivity index (χ1n) is 7.19. The van der Waals surface area contributed by atoms with Crippen molar-refractivity contribution >= 4 is 34.3 Å². The smallest absolute Gasteiger partial charge is 0.230 e. The second-order valence-electron chi connectivity index (χ2n) is 4.92. The van der Waals surface area contributed by atoms with Gasteiger partial charge in [0.1, 0.15) is 5.01 Å². The lowest BCUT2D eigenvalue weighted by Crippen LogP contribution is -2.14. The summed E-state index contributed by atoms with van der Waals surface area (Å²) in [4.78, 5) is 17.9. The summed E-state index contributed by atoms with van der Waals surface area (Å²) in [6, 6.07) is 9.28. The molecule has 3 aromatic rings. The zero-order chi connectivity index (χ0) is 16.9. The first-order valence-corrected chi connectivity index (χ1v) is 8.95. The van der Waals surface area contributed by atoms with E-state index in [2.05, 4.69) is 10.3 Å². The van der Waals surface area contributed by atoms with Crippen LogP contribution >= 0.6 is 22.7 Å². The van der Waals surface area contributed by atoms with Crippen molar-refractivity contribution in [1.29, 1.82) is 0 Å². The molecule has 124 valence electrons. The molecule has 0 atom stereocenters. The second kappa shape index (κ2) is 7.46. The molecule has 7 heteroatoms. The van der Waals surface area contributed by atoms with Gasteiger partial charge in [-0.2, -0.15) is 0 Å². The fraction of sp³-hybridized carbons (Fsp3) is 0.176. The minimum absolute atomic E-state index is 0.120. The Bertz CT molecular complexity index is 828. The predicted molar refractivity (Wildman–Crippen MR) is 97.3 cm³/mol. The summed E-state index contributed by atoms with van der Waals surface area (Å²) in [5, 5.41) is 7.73. The molecule has 0 saturated heterocycles. The standard InChI is InChI=1S/C17H16N2O3S2/c1-21-13-6-5-11(8-14(13)22-2)18-16(20)9-12-10-24-17(19-12)15-4-3-7-23-15/h3-8,10H,9H2,1-2H3,(H,18,20). The molecule has 0 bridgehead atoms. The van der Waals surface area contributed by atoms with Gasteiger partial charge in [-0.15, -0.1) is 22.7 Å². The molecule has 0 aliphatic carbocycles. The van der Waals surface area contributed by atoms with Gasteiger partial charge in [0.05, 0.1) is 31.2 Å². The highest BCUT2D eigenvalue weighted by Gasteiger charge is 2.11. The summed E-state index contributed by atoms with van der Waals surface area (Å²) in [7, 11) is 3.13. The van der Waals surface area contributed by atoms with Crippen molar-refractivity contribution in [3.05, 3.63) is 46.8 Å². The third-order valence-electron chi connectivity index (χ3n) is 3.29. The SMILES string of the molecule is COc1ccc(NC(=O)Cc2csc(-c3cccs3)n2)cc1OC. The average molecular weight is 360 g/mol. The third kappa shape index (κ3) is 3.74. The Kier molecular flexibility index (Phi) is 5.12. The number of nitrogens with zero attached hydrogens (tertiary/aromatic N) is 1. The summed E-state index contributed by atoms with van der Waals surface area (Å²) in [6.07, 6.45) is 0.232. The van der Waals surface area contributed by atoms with E-state index < -0.39 is 0 Å². The zero-order valence-corrected chi connectivity index (χ0v) is 14.9. The molecule has 1 amide bonds. The number of hydrogen-bond donors (Lipinski definition) is 1. The second-order valence-corrected chi connectivity index (χ2v) is 6.72. The van der Waals surface area contributed by atoms with E-state index in [0.717, 1.165) is 15.6 Å². The molecule has 1 aromatic carbocycles. The van der Waals surface area contributed by atoms with Crippen molar-refractivity contribution in [3.63, 3.8) is 0 Å². The number of benzene rings is 1. The van der Waals surface area contributed by atoms with Gasteiger partial charge in [0.25, 0.3) is 0 Å². The number of nitrogens with one attached hydrogen (secondary N) is 1. The quantitative estimate of drug-likeness (QED) is 0.720. The molecular formula is C17H16N2O3S2. The van der Waals surface area contributed by atoms with Crippen molar-refractivity contribution in [3.8, 4) is 21.4 Å². The minimum Gasteiger partial charge on any atom is -0.493 e. The van der Waals surface area contributed by atoms with E-state index in [0.29, 0.717) is 17.2 Å².